The highest BCUT2D eigenvalue weighted by molar-refractivity contribution is 6.33. The highest BCUT2D eigenvalue weighted by Crippen LogP contribution is 2.20. The van der Waals surface area contributed by atoms with Crippen molar-refractivity contribution in [2.24, 2.45) is 0 Å². The fourth-order valence-electron chi connectivity index (χ4n) is 1.57. The van der Waals surface area contributed by atoms with E-state index in [9.17, 15) is 9.59 Å². The fraction of sp³-hybridized carbons (Fsp3) is 0.385. The summed E-state index contributed by atoms with van der Waals surface area (Å²) in [5, 5.41) is 5.78. The van der Waals surface area contributed by atoms with Gasteiger partial charge in [0.15, 0.2) is 0 Å². The lowest BCUT2D eigenvalue weighted by Crippen LogP contribution is -2.45. The average molecular weight is 282 g/mol. The molecule has 1 aromatic rings. The molecule has 0 bridgehead atoms. The van der Waals surface area contributed by atoms with Crippen LogP contribution in [0, 0.1) is 0 Å². The number of amides is 2. The van der Waals surface area contributed by atoms with Crippen LogP contribution in [-0.2, 0) is 4.79 Å². The van der Waals surface area contributed by atoms with E-state index in [4.69, 9.17) is 17.3 Å². The Morgan fingerprint density at radius 1 is 1.42 bits per heavy atom. The molecule has 1 fully saturated rings. The van der Waals surface area contributed by atoms with Gasteiger partial charge in [-0.3, -0.25) is 9.59 Å². The van der Waals surface area contributed by atoms with E-state index < -0.39 is 6.04 Å². The Morgan fingerprint density at radius 2 is 2.11 bits per heavy atom. The Kier molecular flexibility index (Phi) is 3.95. The van der Waals surface area contributed by atoms with Gasteiger partial charge in [-0.15, -0.1) is 0 Å². The van der Waals surface area contributed by atoms with Gasteiger partial charge in [0.1, 0.15) is 6.04 Å². The summed E-state index contributed by atoms with van der Waals surface area (Å²) in [5.41, 5.74) is 6.37. The van der Waals surface area contributed by atoms with Crippen molar-refractivity contribution < 1.29 is 9.59 Å². The molecule has 0 aliphatic heterocycles. The van der Waals surface area contributed by atoms with Gasteiger partial charge in [0.05, 0.1) is 10.7 Å². The largest absolute Gasteiger partial charge is 0.398 e. The molecule has 0 heterocycles. The van der Waals surface area contributed by atoms with Crippen LogP contribution in [0.3, 0.4) is 0 Å². The third-order valence-corrected chi connectivity index (χ3v) is 3.25. The maximum absolute atomic E-state index is 11.9. The summed E-state index contributed by atoms with van der Waals surface area (Å²) < 4.78 is 0. The minimum Gasteiger partial charge on any atom is -0.398 e. The lowest BCUT2D eigenvalue weighted by molar-refractivity contribution is -0.122. The van der Waals surface area contributed by atoms with Crippen molar-refractivity contribution in [1.29, 1.82) is 0 Å². The Labute approximate surface area is 116 Å². The molecule has 2 rings (SSSR count). The van der Waals surface area contributed by atoms with Crippen LogP contribution >= 0.6 is 11.6 Å². The van der Waals surface area contributed by atoms with Gasteiger partial charge >= 0.3 is 0 Å². The number of halogens is 1. The van der Waals surface area contributed by atoms with E-state index in [1.807, 2.05) is 0 Å². The van der Waals surface area contributed by atoms with Crippen molar-refractivity contribution in [2.75, 3.05) is 5.73 Å². The number of nitrogen functional groups attached to an aromatic ring is 1. The zero-order chi connectivity index (χ0) is 14.0. The fourth-order valence-corrected chi connectivity index (χ4v) is 1.75. The van der Waals surface area contributed by atoms with Crippen molar-refractivity contribution in [2.45, 2.75) is 31.8 Å². The Balaban J connectivity index is 1.95. The van der Waals surface area contributed by atoms with E-state index in [1.54, 1.807) is 19.1 Å². The van der Waals surface area contributed by atoms with Crippen LogP contribution in [-0.4, -0.2) is 23.9 Å². The molecule has 5 nitrogen and oxygen atoms in total. The second-order valence-electron chi connectivity index (χ2n) is 4.71. The minimum absolute atomic E-state index is 0.169. The molecule has 1 aliphatic carbocycles. The molecule has 4 N–H and O–H groups in total. The summed E-state index contributed by atoms with van der Waals surface area (Å²) in [5.74, 6) is -0.516. The zero-order valence-electron chi connectivity index (χ0n) is 10.6. The van der Waals surface area contributed by atoms with E-state index in [0.717, 1.165) is 12.8 Å². The molecule has 1 aliphatic rings. The van der Waals surface area contributed by atoms with E-state index >= 15 is 0 Å². The van der Waals surface area contributed by atoms with Crippen molar-refractivity contribution in [1.82, 2.24) is 10.6 Å². The number of nitrogens with one attached hydrogen (secondary N) is 2. The number of rotatable bonds is 4. The summed E-state index contributed by atoms with van der Waals surface area (Å²) in [7, 11) is 0. The quantitative estimate of drug-likeness (QED) is 0.728. The van der Waals surface area contributed by atoms with Crippen LogP contribution < -0.4 is 16.4 Å². The number of anilines is 1. The van der Waals surface area contributed by atoms with Gasteiger partial charge in [-0.25, -0.2) is 0 Å². The molecule has 0 spiro atoms. The minimum atomic E-state index is -0.579. The molecule has 1 unspecified atom stereocenters. The third-order valence-electron chi connectivity index (χ3n) is 2.93. The maximum atomic E-state index is 11.9. The molecule has 1 saturated carbocycles. The SMILES string of the molecule is CC(NC(=O)c1ccc(N)c(Cl)c1)C(=O)NC1CC1. The highest BCUT2D eigenvalue weighted by Gasteiger charge is 2.26. The lowest BCUT2D eigenvalue weighted by Gasteiger charge is -2.14. The van der Waals surface area contributed by atoms with Gasteiger partial charge in [0.25, 0.3) is 5.91 Å². The normalized spacial score (nSPS) is 15.7. The van der Waals surface area contributed by atoms with Crippen LogP contribution in [0.2, 0.25) is 5.02 Å². The molecule has 0 radical (unpaired) electrons. The van der Waals surface area contributed by atoms with Gasteiger partial charge in [0, 0.05) is 11.6 Å². The maximum Gasteiger partial charge on any atom is 0.251 e. The summed E-state index contributed by atoms with van der Waals surface area (Å²) in [6, 6.07) is 4.31. The Hall–Kier alpha value is -1.75. The molecule has 19 heavy (non-hydrogen) atoms. The van der Waals surface area contributed by atoms with Crippen molar-refractivity contribution >= 4 is 29.1 Å². The predicted molar refractivity (Wildman–Crippen MR) is 74.0 cm³/mol. The first kappa shape index (κ1) is 13.7. The first-order valence-electron chi connectivity index (χ1n) is 6.13. The van der Waals surface area contributed by atoms with Gasteiger partial charge in [0.2, 0.25) is 5.91 Å². The Bertz CT molecular complexity index is 515. The van der Waals surface area contributed by atoms with Gasteiger partial charge < -0.3 is 16.4 Å². The third kappa shape index (κ3) is 3.61. The number of hydrogen-bond donors (Lipinski definition) is 3. The Morgan fingerprint density at radius 3 is 2.68 bits per heavy atom. The second-order valence-corrected chi connectivity index (χ2v) is 5.12. The lowest BCUT2D eigenvalue weighted by atomic mass is 10.2. The average Bonchev–Trinajstić information content (AvgIpc) is 3.16. The number of carbonyl (C=O) groups is 2. The molecule has 1 aromatic carbocycles. The van der Waals surface area contributed by atoms with E-state index in [0.29, 0.717) is 16.3 Å². The first-order chi connectivity index (χ1) is 8.97. The van der Waals surface area contributed by atoms with E-state index in [-0.39, 0.29) is 17.9 Å². The van der Waals surface area contributed by atoms with Gasteiger partial charge in [-0.1, -0.05) is 11.6 Å². The second kappa shape index (κ2) is 5.48. The highest BCUT2D eigenvalue weighted by atomic mass is 35.5. The number of nitrogens with two attached hydrogens (primary N) is 1. The molecular formula is C13H16ClN3O2. The summed E-state index contributed by atoms with van der Waals surface area (Å²) in [6.07, 6.45) is 2.03. The molecule has 2 amide bonds. The van der Waals surface area contributed by atoms with Crippen LogP contribution in [0.1, 0.15) is 30.1 Å². The molecule has 1 atom stereocenters. The first-order valence-corrected chi connectivity index (χ1v) is 6.51. The van der Waals surface area contributed by atoms with E-state index in [1.165, 1.54) is 6.07 Å². The molecule has 0 aromatic heterocycles. The van der Waals surface area contributed by atoms with Crippen LogP contribution in [0.25, 0.3) is 0 Å². The number of benzene rings is 1. The summed E-state index contributed by atoms with van der Waals surface area (Å²) in [6.45, 7) is 1.65. The monoisotopic (exact) mass is 281 g/mol. The predicted octanol–water partition coefficient (Wildman–Crippen LogP) is 1.32. The topological polar surface area (TPSA) is 84.2 Å². The molecule has 102 valence electrons. The van der Waals surface area contributed by atoms with Crippen LogP contribution in [0.5, 0.6) is 0 Å². The van der Waals surface area contributed by atoms with Crippen molar-refractivity contribution in [3.05, 3.63) is 28.8 Å². The van der Waals surface area contributed by atoms with Gasteiger partial charge in [-0.2, -0.15) is 0 Å². The summed E-state index contributed by atoms with van der Waals surface area (Å²) >= 11 is 5.85. The van der Waals surface area contributed by atoms with Crippen LogP contribution in [0.15, 0.2) is 18.2 Å². The van der Waals surface area contributed by atoms with Crippen molar-refractivity contribution in [3.63, 3.8) is 0 Å². The molecular weight excluding hydrogens is 266 g/mol. The number of hydrogen-bond acceptors (Lipinski definition) is 3. The van der Waals surface area contributed by atoms with Crippen molar-refractivity contribution in [3.8, 4) is 0 Å². The number of carbonyl (C=O) groups excluding carboxylic acids is 2. The van der Waals surface area contributed by atoms with E-state index in [2.05, 4.69) is 10.6 Å². The molecule has 0 saturated heterocycles. The van der Waals surface area contributed by atoms with Crippen LogP contribution in [0.4, 0.5) is 5.69 Å². The molecule has 6 heteroatoms. The smallest absolute Gasteiger partial charge is 0.251 e. The summed E-state index contributed by atoms with van der Waals surface area (Å²) in [4.78, 5) is 23.6. The zero-order valence-corrected chi connectivity index (χ0v) is 11.3. The standard InChI is InChI=1S/C13H16ClN3O2/c1-7(12(18)17-9-3-4-9)16-13(19)8-2-5-11(15)10(14)6-8/h2,5-7,9H,3-4,15H2,1H3,(H,16,19)(H,17,18). The van der Waals surface area contributed by atoms with Gasteiger partial charge in [-0.05, 0) is 38.0 Å².